The standard InChI is InChI=1S/C16H14F2N2O3/c1-10-7-11(4-6-15(10)20(22)23)16(21)19(2)9-12-3-5-13(17)8-14(12)18/h3-8H,9H2,1-2H3. The third-order valence-electron chi connectivity index (χ3n) is 3.41. The lowest BCUT2D eigenvalue weighted by molar-refractivity contribution is -0.385. The molecule has 0 radical (unpaired) electrons. The van der Waals surface area contributed by atoms with Crippen molar-refractivity contribution in [2.45, 2.75) is 13.5 Å². The van der Waals surface area contributed by atoms with Gasteiger partial charge in [-0.25, -0.2) is 8.78 Å². The topological polar surface area (TPSA) is 63.5 Å². The molecule has 0 fully saturated rings. The average molecular weight is 320 g/mol. The highest BCUT2D eigenvalue weighted by atomic mass is 19.1. The first-order valence-corrected chi connectivity index (χ1v) is 6.74. The Bertz CT molecular complexity index is 778. The van der Waals surface area contributed by atoms with Crippen LogP contribution >= 0.6 is 0 Å². The normalized spacial score (nSPS) is 10.4. The van der Waals surface area contributed by atoms with Crippen LogP contribution in [0.1, 0.15) is 21.5 Å². The van der Waals surface area contributed by atoms with Crippen LogP contribution in [0.2, 0.25) is 0 Å². The molecule has 2 rings (SSSR count). The number of nitro groups is 1. The van der Waals surface area contributed by atoms with E-state index in [9.17, 15) is 23.7 Å². The molecular weight excluding hydrogens is 306 g/mol. The Hall–Kier alpha value is -2.83. The summed E-state index contributed by atoms with van der Waals surface area (Å²) in [5, 5.41) is 10.8. The van der Waals surface area contributed by atoms with Crippen molar-refractivity contribution in [3.63, 3.8) is 0 Å². The van der Waals surface area contributed by atoms with E-state index < -0.39 is 22.5 Å². The maximum atomic E-state index is 13.6. The number of nitro benzene ring substituents is 1. The van der Waals surface area contributed by atoms with Gasteiger partial charge in [0.05, 0.1) is 4.92 Å². The summed E-state index contributed by atoms with van der Waals surface area (Å²) in [5.41, 5.74) is 0.731. The van der Waals surface area contributed by atoms with Crippen LogP contribution in [0.5, 0.6) is 0 Å². The zero-order chi connectivity index (χ0) is 17.1. The fraction of sp³-hybridized carbons (Fsp3) is 0.188. The Balaban J connectivity index is 2.19. The highest BCUT2D eigenvalue weighted by molar-refractivity contribution is 5.94. The summed E-state index contributed by atoms with van der Waals surface area (Å²) >= 11 is 0. The Morgan fingerprint density at radius 3 is 2.48 bits per heavy atom. The second kappa shape index (κ2) is 6.51. The summed E-state index contributed by atoms with van der Waals surface area (Å²) in [4.78, 5) is 23.8. The van der Waals surface area contributed by atoms with E-state index >= 15 is 0 Å². The molecule has 0 aliphatic heterocycles. The van der Waals surface area contributed by atoms with E-state index in [1.165, 1.54) is 43.1 Å². The predicted molar refractivity (Wildman–Crippen MR) is 80.0 cm³/mol. The largest absolute Gasteiger partial charge is 0.337 e. The van der Waals surface area contributed by atoms with Gasteiger partial charge in [-0.15, -0.1) is 0 Å². The van der Waals surface area contributed by atoms with Crippen LogP contribution in [0.4, 0.5) is 14.5 Å². The van der Waals surface area contributed by atoms with E-state index in [1.54, 1.807) is 0 Å². The summed E-state index contributed by atoms with van der Waals surface area (Å²) in [6, 6.07) is 7.17. The number of carbonyl (C=O) groups excluding carboxylic acids is 1. The number of carbonyl (C=O) groups is 1. The molecule has 0 saturated carbocycles. The minimum atomic E-state index is -0.732. The van der Waals surface area contributed by atoms with Crippen LogP contribution in [0.15, 0.2) is 36.4 Å². The summed E-state index contributed by atoms with van der Waals surface area (Å²) in [5.74, 6) is -1.83. The van der Waals surface area contributed by atoms with Crippen molar-refractivity contribution >= 4 is 11.6 Å². The van der Waals surface area contributed by atoms with Crippen LogP contribution < -0.4 is 0 Å². The Morgan fingerprint density at radius 1 is 1.22 bits per heavy atom. The van der Waals surface area contributed by atoms with Gasteiger partial charge < -0.3 is 4.90 Å². The maximum Gasteiger partial charge on any atom is 0.272 e. The van der Waals surface area contributed by atoms with Crippen LogP contribution in [-0.2, 0) is 6.54 Å². The number of aryl methyl sites for hydroxylation is 1. The molecule has 2 aromatic rings. The molecule has 1 amide bonds. The molecule has 0 N–H and O–H groups in total. The molecule has 0 aliphatic rings. The Labute approximate surface area is 131 Å². The third-order valence-corrected chi connectivity index (χ3v) is 3.41. The van der Waals surface area contributed by atoms with Crippen LogP contribution in [0.3, 0.4) is 0 Å². The molecule has 0 heterocycles. The first-order valence-electron chi connectivity index (χ1n) is 6.74. The minimum absolute atomic E-state index is 0.0407. The maximum absolute atomic E-state index is 13.6. The first-order chi connectivity index (χ1) is 10.8. The molecule has 0 aliphatic carbocycles. The number of hydrogen-bond acceptors (Lipinski definition) is 3. The summed E-state index contributed by atoms with van der Waals surface area (Å²) in [6.07, 6.45) is 0. The summed E-state index contributed by atoms with van der Waals surface area (Å²) < 4.78 is 26.5. The SMILES string of the molecule is Cc1cc(C(=O)N(C)Cc2ccc(F)cc2F)ccc1[N+](=O)[O-]. The zero-order valence-corrected chi connectivity index (χ0v) is 12.5. The van der Waals surface area contributed by atoms with Gasteiger partial charge in [-0.2, -0.15) is 0 Å². The average Bonchev–Trinajstić information content (AvgIpc) is 2.48. The van der Waals surface area contributed by atoms with Crippen LogP contribution in [0.25, 0.3) is 0 Å². The fourth-order valence-electron chi connectivity index (χ4n) is 2.19. The van der Waals surface area contributed by atoms with Crippen molar-refractivity contribution in [3.8, 4) is 0 Å². The number of amides is 1. The predicted octanol–water partition coefficient (Wildman–Crippen LogP) is 3.45. The first kappa shape index (κ1) is 16.5. The van der Waals surface area contributed by atoms with E-state index in [2.05, 4.69) is 0 Å². The van der Waals surface area contributed by atoms with E-state index in [0.717, 1.165) is 12.1 Å². The molecule has 120 valence electrons. The molecule has 5 nitrogen and oxygen atoms in total. The van der Waals surface area contributed by atoms with Gasteiger partial charge in [0.2, 0.25) is 0 Å². The lowest BCUT2D eigenvalue weighted by Crippen LogP contribution is -2.26. The zero-order valence-electron chi connectivity index (χ0n) is 12.5. The summed E-state index contributed by atoms with van der Waals surface area (Å²) in [6.45, 7) is 1.50. The van der Waals surface area contributed by atoms with Gasteiger partial charge in [0.1, 0.15) is 11.6 Å². The lowest BCUT2D eigenvalue weighted by atomic mass is 10.1. The highest BCUT2D eigenvalue weighted by Gasteiger charge is 2.17. The molecular formula is C16H14F2N2O3. The molecule has 0 spiro atoms. The smallest absolute Gasteiger partial charge is 0.272 e. The molecule has 0 bridgehead atoms. The van der Waals surface area contributed by atoms with Crippen molar-refractivity contribution in [2.24, 2.45) is 0 Å². The van der Waals surface area contributed by atoms with Crippen molar-refractivity contribution < 1.29 is 18.5 Å². The van der Waals surface area contributed by atoms with Gasteiger partial charge in [0.25, 0.3) is 11.6 Å². The van der Waals surface area contributed by atoms with Crippen molar-refractivity contribution in [1.29, 1.82) is 0 Å². The van der Waals surface area contributed by atoms with E-state index in [0.29, 0.717) is 5.56 Å². The van der Waals surface area contributed by atoms with Gasteiger partial charge >= 0.3 is 0 Å². The van der Waals surface area contributed by atoms with Gasteiger partial charge in [0.15, 0.2) is 0 Å². The third kappa shape index (κ3) is 3.68. The molecule has 0 saturated heterocycles. The van der Waals surface area contributed by atoms with Gasteiger partial charge in [-0.3, -0.25) is 14.9 Å². The number of hydrogen-bond donors (Lipinski definition) is 0. The number of halogens is 2. The quantitative estimate of drug-likeness (QED) is 0.640. The fourth-order valence-corrected chi connectivity index (χ4v) is 2.19. The summed E-state index contributed by atoms with van der Waals surface area (Å²) in [7, 11) is 1.47. The number of benzene rings is 2. The van der Waals surface area contributed by atoms with Crippen molar-refractivity contribution in [1.82, 2.24) is 4.90 Å². The molecule has 0 unspecified atom stereocenters. The molecule has 0 atom stereocenters. The van der Waals surface area contributed by atoms with Gasteiger partial charge in [0, 0.05) is 42.4 Å². The highest BCUT2D eigenvalue weighted by Crippen LogP contribution is 2.20. The van der Waals surface area contributed by atoms with Gasteiger partial charge in [-0.05, 0) is 25.1 Å². The second-order valence-corrected chi connectivity index (χ2v) is 5.16. The molecule has 0 aromatic heterocycles. The van der Waals surface area contributed by atoms with Crippen LogP contribution in [0, 0.1) is 28.7 Å². The van der Waals surface area contributed by atoms with Crippen molar-refractivity contribution in [2.75, 3.05) is 7.05 Å². The molecule has 7 heteroatoms. The van der Waals surface area contributed by atoms with Gasteiger partial charge in [-0.1, -0.05) is 6.07 Å². The monoisotopic (exact) mass is 320 g/mol. The Morgan fingerprint density at radius 2 is 1.91 bits per heavy atom. The van der Waals surface area contributed by atoms with E-state index in [-0.39, 0.29) is 23.4 Å². The van der Waals surface area contributed by atoms with E-state index in [4.69, 9.17) is 0 Å². The van der Waals surface area contributed by atoms with Crippen LogP contribution in [-0.4, -0.2) is 22.8 Å². The molecule has 23 heavy (non-hydrogen) atoms. The van der Waals surface area contributed by atoms with E-state index in [1.807, 2.05) is 0 Å². The Kier molecular flexibility index (Phi) is 4.68. The molecule has 2 aromatic carbocycles. The lowest BCUT2D eigenvalue weighted by Gasteiger charge is -2.18. The minimum Gasteiger partial charge on any atom is -0.337 e. The van der Waals surface area contributed by atoms with Crippen molar-refractivity contribution in [3.05, 3.63) is 74.8 Å². The second-order valence-electron chi connectivity index (χ2n) is 5.16. The number of rotatable bonds is 4. The number of nitrogens with zero attached hydrogens (tertiary/aromatic N) is 2.